The van der Waals surface area contributed by atoms with Gasteiger partial charge in [0.1, 0.15) is 18.3 Å². The summed E-state index contributed by atoms with van der Waals surface area (Å²) in [5.74, 6) is -0.909. The first-order chi connectivity index (χ1) is 7.18. The van der Waals surface area contributed by atoms with E-state index < -0.39 is 42.5 Å². The normalized spacial score (nSPS) is 52.4. The highest BCUT2D eigenvalue weighted by Crippen LogP contribution is 2.27. The van der Waals surface area contributed by atoms with Crippen molar-refractivity contribution in [2.75, 3.05) is 6.61 Å². The summed E-state index contributed by atoms with van der Waals surface area (Å²) >= 11 is 0. The van der Waals surface area contributed by atoms with E-state index in [2.05, 4.69) is 4.74 Å². The van der Waals surface area contributed by atoms with Gasteiger partial charge in [-0.2, -0.15) is 0 Å². The lowest BCUT2D eigenvalue weighted by Crippen LogP contribution is -2.73. The summed E-state index contributed by atoms with van der Waals surface area (Å²) in [6.45, 7) is 0.228. The fraction of sp³-hybridized carbons (Fsp3) is 0.875. The Hall–Kier alpha value is -0.570. The van der Waals surface area contributed by atoms with E-state index in [1.54, 1.807) is 0 Å². The minimum atomic E-state index is -2.91. The van der Waals surface area contributed by atoms with E-state index >= 15 is 0 Å². The number of aliphatic hydroxyl groups excluding tert-OH is 3. The zero-order valence-corrected chi connectivity index (χ0v) is 8.12. The Balaban J connectivity index is 3.15. The molecule has 15 heavy (non-hydrogen) atoms. The monoisotopic (exact) mass is 222 g/mol. The van der Waals surface area contributed by atoms with Crippen molar-refractivity contribution in [3.63, 3.8) is 0 Å². The van der Waals surface area contributed by atoms with Crippen LogP contribution in [-0.4, -0.2) is 62.9 Å². The van der Waals surface area contributed by atoms with Gasteiger partial charge in [-0.05, 0) is 6.92 Å². The Bertz CT molecular complexity index is 298. The van der Waals surface area contributed by atoms with Crippen LogP contribution in [0.2, 0.25) is 0 Å². The van der Waals surface area contributed by atoms with Gasteiger partial charge in [0.05, 0.1) is 7.98 Å². The molecule has 7 nitrogen and oxygen atoms in total. The number of aliphatic hydroxyl groups is 4. The minimum Gasteiger partial charge on any atom is -0.394 e. The number of carbonyl (C=O) groups excluding carboxylic acids is 1. The zero-order chi connectivity index (χ0) is 12.7. The SMILES string of the molecule is [2H]C1(O)O[C@H](CO)[C@@H](O)[C@H](O)[C@]1(N)C(C)=O. The van der Waals surface area contributed by atoms with Crippen LogP contribution in [0, 0.1) is 0 Å². The lowest BCUT2D eigenvalue weighted by Gasteiger charge is -2.45. The summed E-state index contributed by atoms with van der Waals surface area (Å²) in [6.07, 6.45) is -7.86. The number of nitrogens with two attached hydrogens (primary N) is 1. The smallest absolute Gasteiger partial charge is 0.183 e. The van der Waals surface area contributed by atoms with E-state index in [4.69, 9.17) is 12.2 Å². The third-order valence-corrected chi connectivity index (χ3v) is 2.55. The van der Waals surface area contributed by atoms with Crippen LogP contribution < -0.4 is 5.73 Å². The third-order valence-electron chi connectivity index (χ3n) is 2.55. The van der Waals surface area contributed by atoms with Gasteiger partial charge in [-0.25, -0.2) is 0 Å². The first-order valence-electron chi connectivity index (χ1n) is 4.85. The topological polar surface area (TPSA) is 133 Å². The van der Waals surface area contributed by atoms with E-state index in [1.165, 1.54) is 0 Å². The average molecular weight is 222 g/mol. The van der Waals surface area contributed by atoms with Crippen LogP contribution in [-0.2, 0) is 9.53 Å². The molecule has 0 aromatic carbocycles. The van der Waals surface area contributed by atoms with Gasteiger partial charge in [-0.15, -0.1) is 0 Å². The highest BCUT2D eigenvalue weighted by molar-refractivity contribution is 5.87. The number of hydrogen-bond acceptors (Lipinski definition) is 7. The summed E-state index contributed by atoms with van der Waals surface area (Å²) in [5.41, 5.74) is 2.97. The molecule has 0 aromatic rings. The quantitative estimate of drug-likeness (QED) is 0.330. The van der Waals surface area contributed by atoms with Gasteiger partial charge in [-0.3, -0.25) is 4.79 Å². The van der Waals surface area contributed by atoms with Crippen molar-refractivity contribution in [1.29, 1.82) is 0 Å². The summed E-state index contributed by atoms with van der Waals surface area (Å²) < 4.78 is 12.0. The standard InChI is InChI=1S/C8H15NO6/c1-3(11)8(9)6(13)5(12)4(2-10)15-7(8)14/h4-7,10,12-14H,2,9H2,1H3/t4-,5-,6+,7?,8-/m1/s1/i7D. The summed E-state index contributed by atoms with van der Waals surface area (Å²) in [7, 11) is 0. The van der Waals surface area contributed by atoms with Crippen LogP contribution in [0.1, 0.15) is 8.29 Å². The van der Waals surface area contributed by atoms with Crippen LogP contribution in [0.15, 0.2) is 0 Å². The van der Waals surface area contributed by atoms with Gasteiger partial charge < -0.3 is 30.9 Å². The molecule has 1 rings (SSSR count). The van der Waals surface area contributed by atoms with Crippen LogP contribution >= 0.6 is 0 Å². The molecule has 1 aliphatic rings. The van der Waals surface area contributed by atoms with Crippen molar-refractivity contribution in [2.24, 2.45) is 5.73 Å². The van der Waals surface area contributed by atoms with Crippen molar-refractivity contribution in [1.82, 2.24) is 0 Å². The van der Waals surface area contributed by atoms with Gasteiger partial charge in [0.2, 0.25) is 0 Å². The molecule has 0 saturated carbocycles. The molecule has 0 bridgehead atoms. The molecule has 0 amide bonds. The molecule has 7 heteroatoms. The van der Waals surface area contributed by atoms with Crippen molar-refractivity contribution < 1.29 is 31.3 Å². The Labute approximate surface area is 87.5 Å². The molecular weight excluding hydrogens is 206 g/mol. The van der Waals surface area contributed by atoms with Crippen molar-refractivity contribution >= 4 is 5.78 Å². The highest BCUT2D eigenvalue weighted by Gasteiger charge is 2.55. The molecule has 1 aliphatic heterocycles. The second-order valence-corrected chi connectivity index (χ2v) is 3.50. The van der Waals surface area contributed by atoms with Crippen LogP contribution in [0.25, 0.3) is 0 Å². The zero-order valence-electron chi connectivity index (χ0n) is 9.12. The number of ketones is 1. The van der Waals surface area contributed by atoms with Gasteiger partial charge in [0.15, 0.2) is 17.6 Å². The Kier molecular flexibility index (Phi) is 3.01. The maximum atomic E-state index is 11.3. The van der Waals surface area contributed by atoms with Gasteiger partial charge >= 0.3 is 0 Å². The summed E-state index contributed by atoms with van der Waals surface area (Å²) in [5, 5.41) is 37.5. The Morgan fingerprint density at radius 3 is 2.53 bits per heavy atom. The number of hydrogen-bond donors (Lipinski definition) is 5. The van der Waals surface area contributed by atoms with E-state index in [9.17, 15) is 20.1 Å². The molecule has 1 fully saturated rings. The molecule has 1 heterocycles. The van der Waals surface area contributed by atoms with Gasteiger partial charge in [0, 0.05) is 0 Å². The molecular formula is C8H15NO6. The Morgan fingerprint density at radius 1 is 1.60 bits per heavy atom. The van der Waals surface area contributed by atoms with E-state index in [0.29, 0.717) is 0 Å². The van der Waals surface area contributed by atoms with Crippen molar-refractivity contribution in [3.05, 3.63) is 0 Å². The molecule has 0 aromatic heterocycles. The minimum absolute atomic E-state index is 0.729. The van der Waals surface area contributed by atoms with Crippen molar-refractivity contribution in [2.45, 2.75) is 37.0 Å². The lowest BCUT2D eigenvalue weighted by atomic mass is 9.81. The second-order valence-electron chi connectivity index (χ2n) is 3.50. The average Bonchev–Trinajstić information content (AvgIpc) is 2.20. The van der Waals surface area contributed by atoms with Gasteiger partial charge in [-0.1, -0.05) is 0 Å². The van der Waals surface area contributed by atoms with Crippen LogP contribution in [0.5, 0.6) is 0 Å². The molecule has 1 saturated heterocycles. The second kappa shape index (κ2) is 4.12. The molecule has 1 unspecified atom stereocenters. The molecule has 0 aliphatic carbocycles. The van der Waals surface area contributed by atoms with Crippen molar-refractivity contribution in [3.8, 4) is 0 Å². The molecule has 0 spiro atoms. The fourth-order valence-electron chi connectivity index (χ4n) is 1.41. The third kappa shape index (κ3) is 1.78. The van der Waals surface area contributed by atoms with Gasteiger partial charge in [0.25, 0.3) is 0 Å². The fourth-order valence-corrected chi connectivity index (χ4v) is 1.41. The molecule has 0 radical (unpaired) electrons. The summed E-state index contributed by atoms with van der Waals surface area (Å²) in [6, 6.07) is 0. The number of Topliss-reactive ketones (excluding diaryl/α,β-unsaturated/α-hetero) is 1. The summed E-state index contributed by atoms with van der Waals surface area (Å²) in [4.78, 5) is 11.3. The van der Waals surface area contributed by atoms with Crippen LogP contribution in [0.3, 0.4) is 0 Å². The maximum Gasteiger partial charge on any atom is 0.183 e. The number of carbonyl (C=O) groups is 1. The Morgan fingerprint density at radius 2 is 2.13 bits per heavy atom. The predicted molar refractivity (Wildman–Crippen MR) is 47.6 cm³/mol. The highest BCUT2D eigenvalue weighted by atomic mass is 16.6. The molecule has 5 atom stereocenters. The maximum absolute atomic E-state index is 11.3. The molecule has 6 N–H and O–H groups in total. The van der Waals surface area contributed by atoms with Crippen LogP contribution in [0.4, 0.5) is 0 Å². The number of ether oxygens (including phenoxy) is 1. The first kappa shape index (κ1) is 10.9. The van der Waals surface area contributed by atoms with E-state index in [0.717, 1.165) is 6.92 Å². The largest absolute Gasteiger partial charge is 0.394 e. The van der Waals surface area contributed by atoms with E-state index in [-0.39, 0.29) is 0 Å². The predicted octanol–water partition coefficient (Wildman–Crippen LogP) is -3.30. The lowest BCUT2D eigenvalue weighted by molar-refractivity contribution is -0.270. The first-order valence-corrected chi connectivity index (χ1v) is 4.35. The number of rotatable bonds is 2. The molecule has 88 valence electrons. The van der Waals surface area contributed by atoms with E-state index in [1.807, 2.05) is 0 Å².